The third-order valence-corrected chi connectivity index (χ3v) is 6.07. The van der Waals surface area contributed by atoms with Gasteiger partial charge in [0.25, 0.3) is 0 Å². The van der Waals surface area contributed by atoms with Gasteiger partial charge in [-0.3, -0.25) is 5.41 Å². The number of benzene rings is 2. The first-order chi connectivity index (χ1) is 14.9. The Bertz CT molecular complexity index is 1110. The van der Waals surface area contributed by atoms with E-state index in [2.05, 4.69) is 5.32 Å². The zero-order chi connectivity index (χ0) is 23.8. The van der Waals surface area contributed by atoms with E-state index in [4.69, 9.17) is 17.0 Å². The van der Waals surface area contributed by atoms with Crippen molar-refractivity contribution in [2.75, 3.05) is 11.9 Å². The van der Waals surface area contributed by atoms with Crippen LogP contribution in [0.25, 0.3) is 0 Å². The van der Waals surface area contributed by atoms with Gasteiger partial charge in [-0.2, -0.15) is 13.2 Å². The number of halogens is 4. The summed E-state index contributed by atoms with van der Waals surface area (Å²) < 4.78 is 41.8. The molecule has 2 aromatic rings. The summed E-state index contributed by atoms with van der Waals surface area (Å²) in [5.74, 6) is -1.29. The van der Waals surface area contributed by atoms with Crippen LogP contribution < -0.4 is 5.32 Å². The number of anilines is 1. The van der Waals surface area contributed by atoms with Crippen molar-refractivity contribution in [3.63, 3.8) is 0 Å². The minimum atomic E-state index is -4.55. The number of aryl methyl sites for hydroxylation is 2. The zero-order valence-electron chi connectivity index (χ0n) is 17.8. The van der Waals surface area contributed by atoms with E-state index in [9.17, 15) is 23.1 Å². The van der Waals surface area contributed by atoms with Gasteiger partial charge in [-0.05, 0) is 66.8 Å². The van der Waals surface area contributed by atoms with Crippen molar-refractivity contribution >= 4 is 29.1 Å². The molecular formula is C23H23ClF3N3O2. The van der Waals surface area contributed by atoms with Crippen LogP contribution in [-0.4, -0.2) is 34.5 Å². The van der Waals surface area contributed by atoms with Crippen LogP contribution in [0.15, 0.2) is 42.0 Å². The number of carboxylic acids is 1. The molecular weight excluding hydrogens is 443 g/mol. The fourth-order valence-electron chi connectivity index (χ4n) is 3.73. The van der Waals surface area contributed by atoms with Crippen molar-refractivity contribution in [1.82, 2.24) is 4.90 Å². The van der Waals surface area contributed by atoms with Gasteiger partial charge in [0.1, 0.15) is 11.9 Å². The zero-order valence-corrected chi connectivity index (χ0v) is 18.5. The second-order valence-electron chi connectivity index (χ2n) is 7.81. The quantitative estimate of drug-likeness (QED) is 0.505. The molecule has 0 saturated carbocycles. The summed E-state index contributed by atoms with van der Waals surface area (Å²) >= 11 is 5.98. The summed E-state index contributed by atoms with van der Waals surface area (Å²) in [7, 11) is 0. The number of amidine groups is 1. The summed E-state index contributed by atoms with van der Waals surface area (Å²) in [5, 5.41) is 20.3. The van der Waals surface area contributed by atoms with E-state index >= 15 is 0 Å². The van der Waals surface area contributed by atoms with E-state index in [1.54, 1.807) is 30.9 Å². The lowest BCUT2D eigenvalue weighted by atomic mass is 9.98. The molecule has 1 atom stereocenters. The first-order valence-corrected chi connectivity index (χ1v) is 10.2. The third kappa shape index (κ3) is 4.75. The van der Waals surface area contributed by atoms with Crippen molar-refractivity contribution in [3.05, 3.63) is 74.8 Å². The first kappa shape index (κ1) is 23.7. The molecule has 1 aliphatic heterocycles. The summed E-state index contributed by atoms with van der Waals surface area (Å²) in [6.45, 7) is 5.68. The van der Waals surface area contributed by atoms with Gasteiger partial charge in [-0.15, -0.1) is 0 Å². The van der Waals surface area contributed by atoms with Crippen molar-refractivity contribution in [3.8, 4) is 0 Å². The van der Waals surface area contributed by atoms with Crippen LogP contribution in [0.5, 0.6) is 0 Å². The number of hydrogen-bond acceptors (Lipinski definition) is 3. The first-order valence-electron chi connectivity index (χ1n) is 9.85. The summed E-state index contributed by atoms with van der Waals surface area (Å²) in [6.07, 6.45) is -3.09. The van der Waals surface area contributed by atoms with Crippen LogP contribution in [-0.2, 0) is 11.3 Å². The molecule has 0 spiro atoms. The van der Waals surface area contributed by atoms with E-state index in [1.165, 1.54) is 24.3 Å². The second kappa shape index (κ2) is 8.86. The summed E-state index contributed by atoms with van der Waals surface area (Å²) in [6, 6.07) is 5.62. The minimum absolute atomic E-state index is 0.0533. The molecule has 32 heavy (non-hydrogen) atoms. The maximum Gasteiger partial charge on any atom is 0.412 e. The predicted octanol–water partition coefficient (Wildman–Crippen LogP) is 5.78. The molecule has 1 aliphatic rings. The molecule has 0 unspecified atom stereocenters. The van der Waals surface area contributed by atoms with Crippen LogP contribution in [0.4, 0.5) is 18.9 Å². The van der Waals surface area contributed by atoms with Crippen LogP contribution in [0.2, 0.25) is 5.02 Å². The fourth-order valence-corrected chi connectivity index (χ4v) is 3.85. The minimum Gasteiger partial charge on any atom is -0.478 e. The highest BCUT2D eigenvalue weighted by Gasteiger charge is 2.41. The second-order valence-corrected chi connectivity index (χ2v) is 8.22. The Kier molecular flexibility index (Phi) is 6.55. The van der Waals surface area contributed by atoms with Gasteiger partial charge in [-0.1, -0.05) is 29.8 Å². The highest BCUT2D eigenvalue weighted by molar-refractivity contribution is 6.31. The number of hydrogen-bond donors (Lipinski definition) is 3. The van der Waals surface area contributed by atoms with E-state index in [0.29, 0.717) is 21.8 Å². The average Bonchev–Trinajstić information content (AvgIpc) is 3.06. The van der Waals surface area contributed by atoms with Crippen molar-refractivity contribution in [2.24, 2.45) is 0 Å². The van der Waals surface area contributed by atoms with Crippen molar-refractivity contribution in [2.45, 2.75) is 39.5 Å². The van der Waals surface area contributed by atoms with Gasteiger partial charge in [0.15, 0.2) is 0 Å². The number of nitrogens with zero attached hydrogens (tertiary/aromatic N) is 1. The molecule has 3 N–H and O–H groups in total. The molecule has 0 bridgehead atoms. The van der Waals surface area contributed by atoms with Gasteiger partial charge in [-0.25, -0.2) is 4.79 Å². The van der Waals surface area contributed by atoms with Gasteiger partial charge >= 0.3 is 12.1 Å². The number of aliphatic carboxylic acids is 1. The van der Waals surface area contributed by atoms with E-state index < -0.39 is 18.2 Å². The lowest BCUT2D eigenvalue weighted by molar-refractivity contribution is -0.144. The van der Waals surface area contributed by atoms with Crippen molar-refractivity contribution in [1.29, 1.82) is 5.41 Å². The maximum atomic E-state index is 13.9. The number of carbonyl (C=O) groups is 1. The number of alkyl halides is 3. The summed E-state index contributed by atoms with van der Waals surface area (Å²) in [4.78, 5) is 12.8. The van der Waals surface area contributed by atoms with Crippen LogP contribution in [0.1, 0.15) is 33.9 Å². The van der Waals surface area contributed by atoms with E-state index in [1.807, 2.05) is 6.92 Å². The molecule has 9 heteroatoms. The van der Waals surface area contributed by atoms with Gasteiger partial charge in [0.05, 0.1) is 5.57 Å². The predicted molar refractivity (Wildman–Crippen MR) is 118 cm³/mol. The Balaban J connectivity index is 1.92. The highest BCUT2D eigenvalue weighted by atomic mass is 35.5. The normalized spacial score (nSPS) is 15.0. The molecule has 5 nitrogen and oxygen atoms in total. The van der Waals surface area contributed by atoms with E-state index in [0.717, 1.165) is 11.1 Å². The van der Waals surface area contributed by atoms with Gasteiger partial charge in [0.2, 0.25) is 0 Å². The van der Waals surface area contributed by atoms with Crippen LogP contribution >= 0.6 is 11.6 Å². The SMILES string of the molecule is Cc1cc([C@H](Nc2ccc(C)c(CN3CC=C(C(=O)O)C3=N)c2C)C(F)(F)F)ccc1Cl. The Morgan fingerprint density at radius 1 is 1.22 bits per heavy atom. The Labute approximate surface area is 189 Å². The molecule has 2 aromatic carbocycles. The largest absolute Gasteiger partial charge is 0.478 e. The monoisotopic (exact) mass is 465 g/mol. The van der Waals surface area contributed by atoms with Gasteiger partial charge < -0.3 is 15.3 Å². The van der Waals surface area contributed by atoms with Crippen LogP contribution in [0, 0.1) is 26.2 Å². The lowest BCUT2D eigenvalue weighted by Crippen LogP contribution is -2.29. The smallest absolute Gasteiger partial charge is 0.412 e. The van der Waals surface area contributed by atoms with E-state index in [-0.39, 0.29) is 30.1 Å². The highest BCUT2D eigenvalue weighted by Crippen LogP contribution is 2.38. The molecule has 3 rings (SSSR count). The Hall–Kier alpha value is -3.00. The maximum absolute atomic E-state index is 13.9. The molecule has 0 aromatic heterocycles. The Morgan fingerprint density at radius 3 is 2.47 bits per heavy atom. The Morgan fingerprint density at radius 2 is 1.91 bits per heavy atom. The molecule has 0 aliphatic carbocycles. The number of rotatable bonds is 6. The fraction of sp³-hybridized carbons (Fsp3) is 0.304. The van der Waals surface area contributed by atoms with Gasteiger partial charge in [0, 0.05) is 23.8 Å². The molecule has 0 fully saturated rings. The molecule has 170 valence electrons. The molecule has 1 heterocycles. The number of carboxylic acid groups (broad SMARTS) is 1. The number of nitrogens with one attached hydrogen (secondary N) is 2. The van der Waals surface area contributed by atoms with Crippen molar-refractivity contribution < 1.29 is 23.1 Å². The summed E-state index contributed by atoms with van der Waals surface area (Å²) in [5.41, 5.74) is 3.04. The topological polar surface area (TPSA) is 76.4 Å². The van der Waals surface area contributed by atoms with Crippen LogP contribution in [0.3, 0.4) is 0 Å². The molecule has 0 amide bonds. The average molecular weight is 466 g/mol. The molecule has 0 saturated heterocycles. The third-order valence-electron chi connectivity index (χ3n) is 5.64. The standard InChI is InChI=1S/C23H23ClF3N3O2/c1-12-4-7-19(14(3)17(12)11-30-9-8-16(21(30)28)22(31)32)29-20(23(25,26)27)15-5-6-18(24)13(2)10-15/h4-8,10,20,28-29H,9,11H2,1-3H3,(H,31,32)/t20-/m0/s1. The molecule has 0 radical (unpaired) electrons. The lowest BCUT2D eigenvalue weighted by Gasteiger charge is -2.27.